The number of hydrogen-bond donors (Lipinski definition) is 2. The Hall–Kier alpha value is -2.77. The van der Waals surface area contributed by atoms with Crippen molar-refractivity contribution in [2.24, 2.45) is 11.7 Å². The van der Waals surface area contributed by atoms with Crippen molar-refractivity contribution >= 4 is 11.6 Å². The van der Waals surface area contributed by atoms with Gasteiger partial charge in [-0.05, 0) is 90.5 Å². The first kappa shape index (κ1) is 25.8. The average molecular weight is 475 g/mol. The molecule has 0 aliphatic carbocycles. The van der Waals surface area contributed by atoms with E-state index in [1.54, 1.807) is 0 Å². The fraction of sp³-hybridized carbons (Fsp3) is 0.333. The van der Waals surface area contributed by atoms with Crippen molar-refractivity contribution in [1.29, 1.82) is 0 Å². The molecule has 3 N–H and O–H groups in total. The molecule has 0 fully saturated rings. The lowest BCUT2D eigenvalue weighted by Crippen LogP contribution is -2.18. The normalized spacial score (nSPS) is 10.8. The number of nitrogens with two attached hydrogens (primary N) is 1. The quantitative estimate of drug-likeness (QED) is 0.269. The Morgan fingerprint density at radius 1 is 0.941 bits per heavy atom. The van der Waals surface area contributed by atoms with Gasteiger partial charge in [-0.15, -0.1) is 0 Å². The Bertz CT molecular complexity index is 1130. The SMILES string of the molecule is Cc1cc(C#Cc2ccc(Cl)cc2)ccc1OCCc1cc(CN)ccc1CNCCC(C)C. The maximum atomic E-state index is 6.14. The lowest BCUT2D eigenvalue weighted by molar-refractivity contribution is 0.319. The van der Waals surface area contributed by atoms with Crippen LogP contribution in [0.1, 0.15) is 53.6 Å². The summed E-state index contributed by atoms with van der Waals surface area (Å²) in [5.74, 6) is 7.99. The van der Waals surface area contributed by atoms with Crippen LogP contribution in [0, 0.1) is 24.7 Å². The van der Waals surface area contributed by atoms with Crippen molar-refractivity contribution in [3.05, 3.63) is 99.1 Å². The lowest BCUT2D eigenvalue weighted by atomic mass is 10.0. The van der Waals surface area contributed by atoms with Gasteiger partial charge in [0.1, 0.15) is 5.75 Å². The minimum atomic E-state index is 0.548. The molecular weight excluding hydrogens is 440 g/mol. The van der Waals surface area contributed by atoms with Crippen molar-refractivity contribution in [3.8, 4) is 17.6 Å². The molecule has 3 aromatic rings. The zero-order valence-electron chi connectivity index (χ0n) is 20.5. The predicted molar refractivity (Wildman–Crippen MR) is 143 cm³/mol. The van der Waals surface area contributed by atoms with Crippen molar-refractivity contribution in [2.75, 3.05) is 13.2 Å². The molecule has 0 bridgehead atoms. The summed E-state index contributed by atoms with van der Waals surface area (Å²) < 4.78 is 6.14. The molecule has 3 aromatic carbocycles. The van der Waals surface area contributed by atoms with E-state index in [-0.39, 0.29) is 0 Å². The van der Waals surface area contributed by atoms with Crippen LogP contribution in [0.3, 0.4) is 0 Å². The van der Waals surface area contributed by atoms with E-state index in [1.165, 1.54) is 17.5 Å². The Morgan fingerprint density at radius 3 is 2.38 bits per heavy atom. The van der Waals surface area contributed by atoms with Gasteiger partial charge >= 0.3 is 0 Å². The van der Waals surface area contributed by atoms with E-state index in [1.807, 2.05) is 36.4 Å². The fourth-order valence-corrected chi connectivity index (χ4v) is 3.79. The Morgan fingerprint density at radius 2 is 1.68 bits per heavy atom. The summed E-state index contributed by atoms with van der Waals surface area (Å²) >= 11 is 5.94. The molecule has 178 valence electrons. The molecule has 3 rings (SSSR count). The number of aryl methyl sites for hydroxylation is 1. The first-order valence-corrected chi connectivity index (χ1v) is 12.3. The molecule has 0 spiro atoms. The summed E-state index contributed by atoms with van der Waals surface area (Å²) in [7, 11) is 0. The van der Waals surface area contributed by atoms with Gasteiger partial charge in [-0.3, -0.25) is 0 Å². The smallest absolute Gasteiger partial charge is 0.122 e. The highest BCUT2D eigenvalue weighted by atomic mass is 35.5. The van der Waals surface area contributed by atoms with Crippen molar-refractivity contribution in [2.45, 2.75) is 46.7 Å². The number of halogens is 1. The van der Waals surface area contributed by atoms with Crippen LogP contribution in [-0.2, 0) is 19.5 Å². The van der Waals surface area contributed by atoms with Gasteiger partial charge in [0.2, 0.25) is 0 Å². The molecule has 0 heterocycles. The molecular formula is C30H35ClN2O. The molecule has 0 aliphatic rings. The third kappa shape index (κ3) is 8.22. The Balaban J connectivity index is 1.59. The van der Waals surface area contributed by atoms with Crippen molar-refractivity contribution in [3.63, 3.8) is 0 Å². The standard InChI is InChI=1S/C30H35ClN2O/c1-22(2)14-16-33-21-28-10-6-26(20-32)19-27(28)15-17-34-30-13-9-25(18-23(30)3)5-4-24-7-11-29(31)12-8-24/h6-13,18-19,22,33H,14-17,20-21,32H2,1-3H3. The second kappa shape index (κ2) is 13.2. The topological polar surface area (TPSA) is 47.3 Å². The van der Waals surface area contributed by atoms with E-state index in [0.29, 0.717) is 24.1 Å². The molecule has 0 saturated carbocycles. The number of rotatable bonds is 10. The second-order valence-electron chi connectivity index (χ2n) is 9.00. The van der Waals surface area contributed by atoms with Crippen LogP contribution in [-0.4, -0.2) is 13.2 Å². The highest BCUT2D eigenvalue weighted by molar-refractivity contribution is 6.30. The average Bonchev–Trinajstić information content (AvgIpc) is 2.83. The lowest BCUT2D eigenvalue weighted by Gasteiger charge is -2.14. The van der Waals surface area contributed by atoms with Crippen LogP contribution in [0.15, 0.2) is 60.7 Å². The highest BCUT2D eigenvalue weighted by Crippen LogP contribution is 2.20. The zero-order valence-corrected chi connectivity index (χ0v) is 21.2. The second-order valence-corrected chi connectivity index (χ2v) is 9.44. The molecule has 0 atom stereocenters. The van der Waals surface area contributed by atoms with Crippen LogP contribution >= 0.6 is 11.6 Å². The monoisotopic (exact) mass is 474 g/mol. The summed E-state index contributed by atoms with van der Waals surface area (Å²) in [6.45, 7) is 9.62. The predicted octanol–water partition coefficient (Wildman–Crippen LogP) is 6.26. The van der Waals surface area contributed by atoms with Gasteiger partial charge in [0.25, 0.3) is 0 Å². The number of benzene rings is 3. The van der Waals surface area contributed by atoms with E-state index in [9.17, 15) is 0 Å². The van der Waals surface area contributed by atoms with Gasteiger partial charge in [0.15, 0.2) is 0 Å². The zero-order chi connectivity index (χ0) is 24.3. The van der Waals surface area contributed by atoms with Crippen molar-refractivity contribution < 1.29 is 4.74 Å². The Labute approximate surface area is 209 Å². The van der Waals surface area contributed by atoms with Crippen LogP contribution in [0.4, 0.5) is 0 Å². The Kier molecular flexibility index (Phi) is 10.0. The molecule has 0 radical (unpaired) electrons. The maximum Gasteiger partial charge on any atom is 0.122 e. The molecule has 0 aromatic heterocycles. The minimum Gasteiger partial charge on any atom is -0.493 e. The van der Waals surface area contributed by atoms with Gasteiger partial charge in [0, 0.05) is 35.7 Å². The van der Waals surface area contributed by atoms with Crippen LogP contribution < -0.4 is 15.8 Å². The molecule has 34 heavy (non-hydrogen) atoms. The first-order chi connectivity index (χ1) is 16.4. The summed E-state index contributed by atoms with van der Waals surface area (Å²) in [5.41, 5.74) is 12.6. The fourth-order valence-electron chi connectivity index (χ4n) is 3.66. The van der Waals surface area contributed by atoms with Gasteiger partial charge in [-0.25, -0.2) is 0 Å². The molecule has 0 aliphatic heterocycles. The number of ether oxygens (including phenoxy) is 1. The van der Waals surface area contributed by atoms with E-state index in [2.05, 4.69) is 62.2 Å². The first-order valence-electron chi connectivity index (χ1n) is 12.0. The molecule has 3 nitrogen and oxygen atoms in total. The van der Waals surface area contributed by atoms with Gasteiger partial charge in [0.05, 0.1) is 6.61 Å². The van der Waals surface area contributed by atoms with Crippen LogP contribution in [0.25, 0.3) is 0 Å². The molecule has 0 unspecified atom stereocenters. The summed E-state index contributed by atoms with van der Waals surface area (Å²) in [5, 5.41) is 4.28. The van der Waals surface area contributed by atoms with Gasteiger partial charge in [-0.2, -0.15) is 0 Å². The highest BCUT2D eigenvalue weighted by Gasteiger charge is 2.07. The maximum absolute atomic E-state index is 6.14. The molecule has 0 saturated heterocycles. The summed E-state index contributed by atoms with van der Waals surface area (Å²) in [4.78, 5) is 0. The van der Waals surface area contributed by atoms with Crippen molar-refractivity contribution in [1.82, 2.24) is 5.32 Å². The third-order valence-electron chi connectivity index (χ3n) is 5.72. The number of nitrogens with one attached hydrogen (secondary N) is 1. The summed E-state index contributed by atoms with van der Waals surface area (Å²) in [6.07, 6.45) is 2.02. The van der Waals surface area contributed by atoms with E-state index in [0.717, 1.165) is 47.5 Å². The largest absolute Gasteiger partial charge is 0.493 e. The van der Waals surface area contributed by atoms with Gasteiger partial charge in [-0.1, -0.05) is 55.5 Å². The van der Waals surface area contributed by atoms with Gasteiger partial charge < -0.3 is 15.8 Å². The van der Waals surface area contributed by atoms with E-state index < -0.39 is 0 Å². The minimum absolute atomic E-state index is 0.548. The van der Waals surface area contributed by atoms with E-state index >= 15 is 0 Å². The number of hydrogen-bond acceptors (Lipinski definition) is 3. The van der Waals surface area contributed by atoms with Crippen LogP contribution in [0.2, 0.25) is 5.02 Å². The molecule has 4 heteroatoms. The van der Waals surface area contributed by atoms with Crippen LogP contribution in [0.5, 0.6) is 5.75 Å². The third-order valence-corrected chi connectivity index (χ3v) is 5.97. The molecule has 0 amide bonds. The summed E-state index contributed by atoms with van der Waals surface area (Å²) in [6, 6.07) is 20.2. The van der Waals surface area contributed by atoms with E-state index in [4.69, 9.17) is 22.1 Å².